The van der Waals surface area contributed by atoms with Gasteiger partial charge in [0, 0.05) is 18.4 Å². The first kappa shape index (κ1) is 11.4. The van der Waals surface area contributed by atoms with Crippen molar-refractivity contribution in [1.29, 1.82) is 0 Å². The van der Waals surface area contributed by atoms with Gasteiger partial charge in [-0.15, -0.1) is 11.3 Å². The third kappa shape index (κ3) is 1.92. The van der Waals surface area contributed by atoms with Gasteiger partial charge in [0.05, 0.1) is 17.7 Å². The summed E-state index contributed by atoms with van der Waals surface area (Å²) in [5.41, 5.74) is 2.72. The Bertz CT molecular complexity index is 548. The lowest BCUT2D eigenvalue weighted by molar-refractivity contribution is 0.0735. The Morgan fingerprint density at radius 1 is 1.56 bits per heavy atom. The predicted molar refractivity (Wildman–Crippen MR) is 68.5 cm³/mol. The Hall–Kier alpha value is -1.69. The second kappa shape index (κ2) is 4.53. The quantitative estimate of drug-likeness (QED) is 0.902. The molecular weight excluding hydrogens is 248 g/mol. The molecule has 0 aromatic carbocycles. The first-order valence-electron chi connectivity index (χ1n) is 5.96. The second-order valence-corrected chi connectivity index (χ2v) is 5.36. The fourth-order valence-electron chi connectivity index (χ4n) is 2.36. The first-order chi connectivity index (χ1) is 8.75. The molecule has 1 atom stereocenters. The molecule has 0 aliphatic carbocycles. The number of carbonyl (C=O) groups excluding carboxylic acids is 1. The highest BCUT2D eigenvalue weighted by Gasteiger charge is 2.32. The highest BCUT2D eigenvalue weighted by atomic mass is 32.1. The maximum absolute atomic E-state index is 12.4. The molecule has 1 N–H and O–H groups in total. The number of H-pyrrole nitrogens is 1. The van der Waals surface area contributed by atoms with Crippen LogP contribution in [0, 0.1) is 6.92 Å². The van der Waals surface area contributed by atoms with Crippen LogP contribution in [-0.2, 0) is 0 Å². The van der Waals surface area contributed by atoms with Gasteiger partial charge in [-0.2, -0.15) is 0 Å². The predicted octanol–water partition coefficient (Wildman–Crippen LogP) is 2.15. The van der Waals surface area contributed by atoms with E-state index < -0.39 is 0 Å². The van der Waals surface area contributed by atoms with E-state index in [4.69, 9.17) is 0 Å². The van der Waals surface area contributed by atoms with E-state index in [-0.39, 0.29) is 11.9 Å². The molecule has 3 heterocycles. The van der Waals surface area contributed by atoms with Crippen molar-refractivity contribution in [2.45, 2.75) is 25.8 Å². The number of hydrogen-bond donors (Lipinski definition) is 1. The average Bonchev–Trinajstić information content (AvgIpc) is 3.09. The smallest absolute Gasteiger partial charge is 0.266 e. The highest BCUT2D eigenvalue weighted by Crippen LogP contribution is 2.31. The van der Waals surface area contributed by atoms with Crippen LogP contribution in [0.5, 0.6) is 0 Å². The van der Waals surface area contributed by atoms with Gasteiger partial charge in [0.15, 0.2) is 0 Å². The lowest BCUT2D eigenvalue weighted by atomic mass is 10.2. The minimum atomic E-state index is 0.0639. The van der Waals surface area contributed by atoms with Crippen LogP contribution in [-0.4, -0.2) is 32.3 Å². The summed E-state index contributed by atoms with van der Waals surface area (Å²) in [5, 5.41) is 0. The van der Waals surface area contributed by atoms with E-state index in [1.807, 2.05) is 18.0 Å². The van der Waals surface area contributed by atoms with E-state index in [1.54, 1.807) is 11.7 Å². The summed E-state index contributed by atoms with van der Waals surface area (Å²) in [6, 6.07) is 0.0771. The number of nitrogens with zero attached hydrogens (tertiary/aromatic N) is 3. The molecule has 0 radical (unpaired) electrons. The Balaban J connectivity index is 1.85. The van der Waals surface area contributed by atoms with Crippen molar-refractivity contribution >= 4 is 17.2 Å². The van der Waals surface area contributed by atoms with Gasteiger partial charge in [0.2, 0.25) is 0 Å². The number of carbonyl (C=O) groups is 1. The standard InChI is InChI=1S/C12H14N4OS/c1-8-5-14-11(15-8)9-3-2-4-16(9)12(17)10-6-13-7-18-10/h5-7,9H,2-4H2,1H3,(H,14,15). The van der Waals surface area contributed by atoms with Gasteiger partial charge >= 0.3 is 0 Å². The minimum absolute atomic E-state index is 0.0639. The normalized spacial score (nSPS) is 19.4. The van der Waals surface area contributed by atoms with Crippen LogP contribution in [0.4, 0.5) is 0 Å². The van der Waals surface area contributed by atoms with Crippen LogP contribution in [0.1, 0.15) is 40.1 Å². The number of amides is 1. The number of aryl methyl sites for hydroxylation is 1. The van der Waals surface area contributed by atoms with Crippen LogP contribution < -0.4 is 0 Å². The Kier molecular flexibility index (Phi) is 2.87. The van der Waals surface area contributed by atoms with Crippen molar-refractivity contribution in [3.05, 3.63) is 34.3 Å². The topological polar surface area (TPSA) is 61.9 Å². The molecule has 1 aliphatic rings. The molecule has 1 unspecified atom stereocenters. The van der Waals surface area contributed by atoms with Gasteiger partial charge in [-0.25, -0.2) is 4.98 Å². The van der Waals surface area contributed by atoms with Crippen molar-refractivity contribution in [2.24, 2.45) is 0 Å². The van der Waals surface area contributed by atoms with Crippen molar-refractivity contribution < 1.29 is 4.79 Å². The molecule has 6 heteroatoms. The Labute approximate surface area is 109 Å². The zero-order valence-corrected chi connectivity index (χ0v) is 10.9. The minimum Gasteiger partial charge on any atom is -0.344 e. The molecule has 0 spiro atoms. The number of thiazole rings is 1. The SMILES string of the molecule is Cc1cnc(C2CCCN2C(=O)c2cncs2)[nH]1. The van der Waals surface area contributed by atoms with Crippen LogP contribution in [0.15, 0.2) is 17.9 Å². The molecule has 94 valence electrons. The molecule has 1 fully saturated rings. The average molecular weight is 262 g/mol. The molecule has 1 aliphatic heterocycles. The third-order valence-electron chi connectivity index (χ3n) is 3.19. The van der Waals surface area contributed by atoms with E-state index in [9.17, 15) is 4.79 Å². The van der Waals surface area contributed by atoms with Crippen LogP contribution in [0.25, 0.3) is 0 Å². The summed E-state index contributed by atoms with van der Waals surface area (Å²) in [4.78, 5) is 26.5. The van der Waals surface area contributed by atoms with Gasteiger partial charge in [-0.1, -0.05) is 0 Å². The highest BCUT2D eigenvalue weighted by molar-refractivity contribution is 7.11. The number of imidazole rings is 1. The number of likely N-dealkylation sites (tertiary alicyclic amines) is 1. The summed E-state index contributed by atoms with van der Waals surface area (Å²) in [5.74, 6) is 0.955. The van der Waals surface area contributed by atoms with Gasteiger partial charge in [0.25, 0.3) is 5.91 Å². The Morgan fingerprint density at radius 2 is 2.44 bits per heavy atom. The molecule has 5 nitrogen and oxygen atoms in total. The van der Waals surface area contributed by atoms with Crippen molar-refractivity contribution in [1.82, 2.24) is 19.9 Å². The lowest BCUT2D eigenvalue weighted by Crippen LogP contribution is -2.30. The lowest BCUT2D eigenvalue weighted by Gasteiger charge is -2.22. The van der Waals surface area contributed by atoms with Crippen molar-refractivity contribution in [2.75, 3.05) is 6.54 Å². The van der Waals surface area contributed by atoms with E-state index in [1.165, 1.54) is 11.3 Å². The number of aromatic amines is 1. The molecule has 2 aromatic heterocycles. The van der Waals surface area contributed by atoms with E-state index in [0.717, 1.165) is 30.9 Å². The van der Waals surface area contributed by atoms with Crippen molar-refractivity contribution in [3.63, 3.8) is 0 Å². The zero-order chi connectivity index (χ0) is 12.5. The van der Waals surface area contributed by atoms with E-state index >= 15 is 0 Å². The summed E-state index contributed by atoms with van der Waals surface area (Å²) in [6.45, 7) is 2.77. The number of aromatic nitrogens is 3. The Morgan fingerprint density at radius 3 is 3.11 bits per heavy atom. The zero-order valence-electron chi connectivity index (χ0n) is 10.1. The summed E-state index contributed by atoms with van der Waals surface area (Å²) in [6.07, 6.45) is 5.44. The second-order valence-electron chi connectivity index (χ2n) is 4.47. The van der Waals surface area contributed by atoms with Gasteiger partial charge in [-0.3, -0.25) is 9.78 Å². The van der Waals surface area contributed by atoms with Gasteiger partial charge in [0.1, 0.15) is 10.7 Å². The molecule has 18 heavy (non-hydrogen) atoms. The van der Waals surface area contributed by atoms with E-state index in [2.05, 4.69) is 15.0 Å². The molecular formula is C12H14N4OS. The maximum atomic E-state index is 12.4. The van der Waals surface area contributed by atoms with Crippen molar-refractivity contribution in [3.8, 4) is 0 Å². The largest absolute Gasteiger partial charge is 0.344 e. The number of hydrogen-bond acceptors (Lipinski definition) is 4. The maximum Gasteiger partial charge on any atom is 0.266 e. The van der Waals surface area contributed by atoms with Crippen LogP contribution in [0.3, 0.4) is 0 Å². The summed E-state index contributed by atoms with van der Waals surface area (Å²) < 4.78 is 0. The van der Waals surface area contributed by atoms with Crippen LogP contribution in [0.2, 0.25) is 0 Å². The summed E-state index contributed by atoms with van der Waals surface area (Å²) in [7, 11) is 0. The third-order valence-corrected chi connectivity index (χ3v) is 3.96. The molecule has 1 amide bonds. The molecule has 1 saturated heterocycles. The summed E-state index contributed by atoms with van der Waals surface area (Å²) >= 11 is 1.39. The fraction of sp³-hybridized carbons (Fsp3) is 0.417. The monoisotopic (exact) mass is 262 g/mol. The molecule has 0 bridgehead atoms. The van der Waals surface area contributed by atoms with E-state index in [0.29, 0.717) is 4.88 Å². The van der Waals surface area contributed by atoms with Gasteiger partial charge < -0.3 is 9.88 Å². The number of rotatable bonds is 2. The molecule has 2 aromatic rings. The molecule has 0 saturated carbocycles. The number of nitrogens with one attached hydrogen (secondary N) is 1. The molecule has 3 rings (SSSR count). The first-order valence-corrected chi connectivity index (χ1v) is 6.84. The van der Waals surface area contributed by atoms with Gasteiger partial charge in [-0.05, 0) is 19.8 Å². The van der Waals surface area contributed by atoms with Crippen LogP contribution >= 0.6 is 11.3 Å². The fourth-order valence-corrected chi connectivity index (χ4v) is 2.93.